The third-order valence-corrected chi connectivity index (χ3v) is 15.6. The third-order valence-electron chi connectivity index (χ3n) is 15.6. The molecule has 0 bridgehead atoms. The number of fused-ring (bicyclic) bond motifs is 6. The summed E-state index contributed by atoms with van der Waals surface area (Å²) in [4.78, 5) is 0. The molecule has 84 heavy (non-hydrogen) atoms. The van der Waals surface area contributed by atoms with Gasteiger partial charge in [-0.3, -0.25) is 0 Å². The van der Waals surface area contributed by atoms with E-state index in [0.29, 0.717) is 55.8 Å². The highest BCUT2D eigenvalue weighted by atomic mass is 19.4. The van der Waals surface area contributed by atoms with E-state index in [0.717, 1.165) is 83.2 Å². The summed E-state index contributed by atoms with van der Waals surface area (Å²) in [6.07, 6.45) is -4.92. The molecule has 0 saturated carbocycles. The quantitative estimate of drug-likeness (QED) is 0.148. The number of rotatable bonds is 8. The summed E-state index contributed by atoms with van der Waals surface area (Å²) in [7, 11) is 0. The Bertz CT molecular complexity index is 4930. The Morgan fingerprint density at radius 3 is 0.940 bits per heavy atom. The van der Waals surface area contributed by atoms with Crippen LogP contribution in [0.4, 0.5) is 13.2 Å². The molecule has 0 spiro atoms. The normalized spacial score (nSPS) is 11.2. The van der Waals surface area contributed by atoms with Crippen molar-refractivity contribution >= 4 is 43.6 Å². The summed E-state index contributed by atoms with van der Waals surface area (Å²) in [6, 6.07) is 80.5. The molecule has 390 valence electrons. The molecule has 2 aromatic heterocycles. The number of hydrogen-bond donors (Lipinski definition) is 0. The Morgan fingerprint density at radius 1 is 0.286 bits per heavy atom. The monoisotopic (exact) mass is 1080 g/mol. The second kappa shape index (κ2) is 20.4. The van der Waals surface area contributed by atoms with Crippen LogP contribution >= 0.6 is 0 Å². The van der Waals surface area contributed by atoms with Crippen LogP contribution in [0.1, 0.15) is 38.9 Å². The number of hydrogen-bond acceptors (Lipinski definition) is 6. The highest BCUT2D eigenvalue weighted by Crippen LogP contribution is 2.50. The van der Waals surface area contributed by atoms with Crippen molar-refractivity contribution in [3.8, 4) is 115 Å². The first-order valence-corrected chi connectivity index (χ1v) is 26.5. The minimum absolute atomic E-state index is 0.152. The van der Waals surface area contributed by atoms with E-state index in [-0.39, 0.29) is 22.3 Å². The van der Waals surface area contributed by atoms with Gasteiger partial charge in [0.1, 0.15) is 0 Å². The van der Waals surface area contributed by atoms with Crippen LogP contribution in [0.3, 0.4) is 0 Å². The lowest BCUT2D eigenvalue weighted by molar-refractivity contribution is -0.137. The van der Waals surface area contributed by atoms with Crippen molar-refractivity contribution in [1.82, 2.24) is 9.13 Å². The first-order chi connectivity index (χ1) is 41.0. The van der Waals surface area contributed by atoms with Crippen LogP contribution in [-0.2, 0) is 6.18 Å². The predicted molar refractivity (Wildman–Crippen MR) is 321 cm³/mol. The maximum Gasteiger partial charge on any atom is 0.417 e. The smallest absolute Gasteiger partial charge is 0.309 e. The van der Waals surface area contributed by atoms with Gasteiger partial charge >= 0.3 is 6.18 Å². The van der Waals surface area contributed by atoms with E-state index in [1.165, 1.54) is 12.1 Å². The Balaban J connectivity index is 1.15. The lowest BCUT2D eigenvalue weighted by atomic mass is 9.86. The molecule has 13 rings (SSSR count). The topological polar surface area (TPSA) is 153 Å². The molecule has 0 N–H and O–H groups in total. The molecule has 0 fully saturated rings. The molecule has 0 aliphatic heterocycles. The Morgan fingerprint density at radius 2 is 0.607 bits per heavy atom. The second-order valence-electron chi connectivity index (χ2n) is 20.2. The van der Waals surface area contributed by atoms with E-state index in [1.54, 1.807) is 72.8 Å². The molecule has 11 aromatic carbocycles. The van der Waals surface area contributed by atoms with Crippen molar-refractivity contribution in [2.24, 2.45) is 0 Å². The number of alkyl halides is 3. The molecule has 0 amide bonds. The van der Waals surface area contributed by atoms with Gasteiger partial charge in [0.25, 0.3) is 0 Å². The van der Waals surface area contributed by atoms with Crippen molar-refractivity contribution in [2.45, 2.75) is 6.18 Å². The van der Waals surface area contributed by atoms with Gasteiger partial charge in [0.15, 0.2) is 0 Å². The third kappa shape index (κ3) is 8.69. The molecule has 8 nitrogen and oxygen atoms in total. The standard InChI is InChI=1S/C73H37F3N8/c74-73(75,76)64-33-48(42-81)15-28-58(64)59-4-2-6-70(84-67-31-26-55(51-20-11-46(40-79)12-21-51)36-62(67)63-37-56(27-32-68(63)84)52-22-13-47(41-80)14-23-52)72(59)71-57(43-82)3-1-5-69(71)83-65-29-24-53(49-16-7-44(38-77)8-17-49)34-60(65)61-35-54(25-30-66(61)83)50-18-9-45(39-78)10-19-50/h1-37H. The van der Waals surface area contributed by atoms with E-state index in [9.17, 15) is 31.6 Å². The summed E-state index contributed by atoms with van der Waals surface area (Å²) >= 11 is 0. The van der Waals surface area contributed by atoms with Crippen LogP contribution in [0, 0.1) is 68.0 Å². The lowest BCUT2D eigenvalue weighted by Crippen LogP contribution is -2.09. The number of nitrogens with zero attached hydrogens (tertiary/aromatic N) is 8. The largest absolute Gasteiger partial charge is 0.417 e. The van der Waals surface area contributed by atoms with Gasteiger partial charge in [-0.05, 0) is 183 Å². The Kier molecular flexibility index (Phi) is 12.5. The maximum absolute atomic E-state index is 15.8. The van der Waals surface area contributed by atoms with E-state index < -0.39 is 11.7 Å². The van der Waals surface area contributed by atoms with Crippen LogP contribution in [0.2, 0.25) is 0 Å². The van der Waals surface area contributed by atoms with Gasteiger partial charge < -0.3 is 9.13 Å². The second-order valence-corrected chi connectivity index (χ2v) is 20.2. The first kappa shape index (κ1) is 51.2. The van der Waals surface area contributed by atoms with Gasteiger partial charge in [0, 0.05) is 32.7 Å². The molecule has 0 aliphatic rings. The molecule has 0 saturated heterocycles. The number of benzene rings is 11. The zero-order chi connectivity index (χ0) is 57.8. The Labute approximate surface area is 479 Å². The van der Waals surface area contributed by atoms with E-state index in [2.05, 4.69) is 59.2 Å². The summed E-state index contributed by atoms with van der Waals surface area (Å²) in [5.41, 5.74) is 12.3. The molecule has 0 unspecified atom stereocenters. The van der Waals surface area contributed by atoms with E-state index in [4.69, 9.17) is 0 Å². The van der Waals surface area contributed by atoms with Crippen LogP contribution in [0.25, 0.3) is 122 Å². The van der Waals surface area contributed by atoms with Crippen molar-refractivity contribution in [2.75, 3.05) is 0 Å². The zero-order valence-corrected chi connectivity index (χ0v) is 44.1. The number of nitriles is 6. The van der Waals surface area contributed by atoms with Crippen LogP contribution in [-0.4, -0.2) is 9.13 Å². The number of halogens is 3. The summed E-state index contributed by atoms with van der Waals surface area (Å²) in [6.45, 7) is 0. The fourth-order valence-corrected chi connectivity index (χ4v) is 11.6. The molecule has 0 aliphatic carbocycles. The minimum Gasteiger partial charge on any atom is -0.309 e. The van der Waals surface area contributed by atoms with Gasteiger partial charge in [-0.2, -0.15) is 44.7 Å². The summed E-state index contributed by atoms with van der Waals surface area (Å²) in [5, 5.41) is 63.3. The Hall–Kier alpha value is -12.3. The predicted octanol–water partition coefficient (Wildman–Crippen LogP) is 18.1. The molecule has 13 aromatic rings. The molecule has 2 heterocycles. The fraction of sp³-hybridized carbons (Fsp3) is 0.0137. The SMILES string of the molecule is N#Cc1ccc(-c2ccc3c(c2)c2cc(-c4ccc(C#N)cc4)ccc2n3-c2cccc(C#N)c2-c2c(-c3ccc(C#N)cc3C(F)(F)F)cccc2-n2c3ccc(-c4ccc(C#N)cc4)cc3c3cc(-c4ccc(C#N)cc4)ccc32)cc1. The van der Waals surface area contributed by atoms with Crippen LogP contribution in [0.5, 0.6) is 0 Å². The van der Waals surface area contributed by atoms with Crippen molar-refractivity contribution in [3.05, 3.63) is 263 Å². The lowest BCUT2D eigenvalue weighted by Gasteiger charge is -2.24. The molecule has 11 heteroatoms. The molecule has 0 radical (unpaired) electrons. The van der Waals surface area contributed by atoms with Gasteiger partial charge in [-0.1, -0.05) is 97.1 Å². The van der Waals surface area contributed by atoms with Crippen LogP contribution in [0.15, 0.2) is 224 Å². The van der Waals surface area contributed by atoms with Crippen molar-refractivity contribution in [3.63, 3.8) is 0 Å². The van der Waals surface area contributed by atoms with Crippen LogP contribution < -0.4 is 0 Å². The van der Waals surface area contributed by atoms with Crippen molar-refractivity contribution < 1.29 is 13.2 Å². The van der Waals surface area contributed by atoms with Gasteiger partial charge in [-0.15, -0.1) is 0 Å². The summed E-state index contributed by atoms with van der Waals surface area (Å²) in [5.74, 6) is 0. The van der Waals surface area contributed by atoms with E-state index >= 15 is 13.2 Å². The van der Waals surface area contributed by atoms with Gasteiger partial charge in [-0.25, -0.2) is 0 Å². The van der Waals surface area contributed by atoms with Gasteiger partial charge in [0.05, 0.1) is 109 Å². The maximum atomic E-state index is 15.8. The number of aromatic nitrogens is 2. The zero-order valence-electron chi connectivity index (χ0n) is 44.1. The molecular formula is C73H37F3N8. The van der Waals surface area contributed by atoms with Gasteiger partial charge in [0.2, 0.25) is 0 Å². The average Bonchev–Trinajstić information content (AvgIpc) is 1.80. The first-order valence-electron chi connectivity index (χ1n) is 26.5. The molecular weight excluding hydrogens is 1050 g/mol. The average molecular weight is 1080 g/mol. The minimum atomic E-state index is -4.92. The highest BCUT2D eigenvalue weighted by Gasteiger charge is 2.36. The fourth-order valence-electron chi connectivity index (χ4n) is 11.6. The van der Waals surface area contributed by atoms with E-state index in [1.807, 2.05) is 120 Å². The summed E-state index contributed by atoms with van der Waals surface area (Å²) < 4.78 is 51.4. The highest BCUT2D eigenvalue weighted by molar-refractivity contribution is 6.15. The van der Waals surface area contributed by atoms with Crippen molar-refractivity contribution in [1.29, 1.82) is 31.6 Å². The molecule has 0 atom stereocenters.